The highest BCUT2D eigenvalue weighted by Gasteiger charge is 2.07. The van der Waals surface area contributed by atoms with Crippen LogP contribution in [0.4, 0.5) is 17.2 Å². The third kappa shape index (κ3) is 4.55. The van der Waals surface area contributed by atoms with Gasteiger partial charge in [-0.05, 0) is 60.2 Å². The van der Waals surface area contributed by atoms with Crippen molar-refractivity contribution in [2.75, 3.05) is 24.3 Å². The molecule has 0 bridgehead atoms. The van der Waals surface area contributed by atoms with Gasteiger partial charge in [0.15, 0.2) is 5.82 Å². The summed E-state index contributed by atoms with van der Waals surface area (Å²) in [5.74, 6) is 1.41. The van der Waals surface area contributed by atoms with Gasteiger partial charge >= 0.3 is 0 Å². The molecule has 29 heavy (non-hydrogen) atoms. The summed E-state index contributed by atoms with van der Waals surface area (Å²) >= 11 is 6.00. The van der Waals surface area contributed by atoms with E-state index in [9.17, 15) is 0 Å². The van der Waals surface area contributed by atoms with Gasteiger partial charge in [-0.25, -0.2) is 9.97 Å². The number of aromatic nitrogens is 2. The molecule has 0 saturated heterocycles. The van der Waals surface area contributed by atoms with Gasteiger partial charge in [0.2, 0.25) is 0 Å². The van der Waals surface area contributed by atoms with Crippen LogP contribution in [0.1, 0.15) is 11.4 Å². The summed E-state index contributed by atoms with van der Waals surface area (Å²) in [7, 11) is 4.06. The Balaban J connectivity index is 1.66. The Morgan fingerprint density at radius 3 is 2.28 bits per heavy atom. The van der Waals surface area contributed by atoms with E-state index in [-0.39, 0.29) is 0 Å². The Labute approximate surface area is 175 Å². The first kappa shape index (κ1) is 19.0. The van der Waals surface area contributed by atoms with Crippen LogP contribution in [0.5, 0.6) is 0 Å². The monoisotopic (exact) mass is 400 g/mol. The number of nitrogens with one attached hydrogen (secondary N) is 1. The molecule has 144 valence electrons. The average Bonchev–Trinajstić information content (AvgIpc) is 2.74. The van der Waals surface area contributed by atoms with Gasteiger partial charge in [-0.15, -0.1) is 0 Å². The van der Waals surface area contributed by atoms with E-state index in [1.165, 1.54) is 5.69 Å². The van der Waals surface area contributed by atoms with Crippen molar-refractivity contribution in [2.45, 2.75) is 0 Å². The van der Waals surface area contributed by atoms with Crippen molar-refractivity contribution >= 4 is 51.8 Å². The minimum absolute atomic E-state index is 0.650. The Morgan fingerprint density at radius 1 is 0.828 bits per heavy atom. The van der Waals surface area contributed by atoms with Crippen molar-refractivity contribution in [1.29, 1.82) is 0 Å². The molecule has 0 unspecified atom stereocenters. The highest BCUT2D eigenvalue weighted by Crippen LogP contribution is 2.25. The maximum atomic E-state index is 6.00. The molecule has 0 aliphatic heterocycles. The number of halogens is 1. The second-order valence-corrected chi connectivity index (χ2v) is 7.34. The topological polar surface area (TPSA) is 41.1 Å². The molecule has 5 heteroatoms. The van der Waals surface area contributed by atoms with Crippen molar-refractivity contribution in [3.63, 3.8) is 0 Å². The summed E-state index contributed by atoms with van der Waals surface area (Å²) in [6, 6.07) is 23.9. The fourth-order valence-electron chi connectivity index (χ4n) is 2.99. The minimum Gasteiger partial charge on any atom is -0.378 e. The maximum Gasteiger partial charge on any atom is 0.154 e. The molecule has 0 aliphatic rings. The Hall–Kier alpha value is -3.37. The molecule has 1 heterocycles. The summed E-state index contributed by atoms with van der Waals surface area (Å²) < 4.78 is 0. The van der Waals surface area contributed by atoms with E-state index in [4.69, 9.17) is 16.6 Å². The molecule has 0 atom stereocenters. The Morgan fingerprint density at radius 2 is 1.55 bits per heavy atom. The second-order valence-electron chi connectivity index (χ2n) is 6.90. The summed E-state index contributed by atoms with van der Waals surface area (Å²) in [6.07, 6.45) is 3.96. The van der Waals surface area contributed by atoms with E-state index in [0.717, 1.165) is 28.0 Å². The number of fused-ring (bicyclic) bond motifs is 1. The van der Waals surface area contributed by atoms with Crippen LogP contribution in [0.3, 0.4) is 0 Å². The van der Waals surface area contributed by atoms with Gasteiger partial charge in [0.25, 0.3) is 0 Å². The molecular weight excluding hydrogens is 380 g/mol. The molecule has 0 radical (unpaired) electrons. The van der Waals surface area contributed by atoms with Crippen molar-refractivity contribution in [1.82, 2.24) is 9.97 Å². The van der Waals surface area contributed by atoms with Crippen molar-refractivity contribution in [2.24, 2.45) is 0 Å². The average molecular weight is 401 g/mol. The summed E-state index contributed by atoms with van der Waals surface area (Å²) in [6.45, 7) is 0. The number of benzene rings is 3. The zero-order valence-electron chi connectivity index (χ0n) is 16.3. The number of hydrogen-bond acceptors (Lipinski definition) is 4. The van der Waals surface area contributed by atoms with E-state index in [1.807, 2.05) is 74.8 Å². The first-order valence-electron chi connectivity index (χ1n) is 9.33. The van der Waals surface area contributed by atoms with Crippen LogP contribution >= 0.6 is 11.6 Å². The van der Waals surface area contributed by atoms with Crippen LogP contribution in [0.25, 0.3) is 23.1 Å². The molecule has 0 amide bonds. The quantitative estimate of drug-likeness (QED) is 0.429. The number of nitrogens with zero attached hydrogens (tertiary/aromatic N) is 3. The molecule has 0 fully saturated rings. The normalized spacial score (nSPS) is 11.1. The summed E-state index contributed by atoms with van der Waals surface area (Å²) in [4.78, 5) is 11.5. The van der Waals surface area contributed by atoms with Crippen molar-refractivity contribution in [3.8, 4) is 0 Å². The first-order valence-corrected chi connectivity index (χ1v) is 9.71. The fourth-order valence-corrected chi connectivity index (χ4v) is 3.11. The van der Waals surface area contributed by atoms with E-state index in [1.54, 1.807) is 0 Å². The van der Waals surface area contributed by atoms with Gasteiger partial charge in [0.1, 0.15) is 5.82 Å². The Bertz CT molecular complexity index is 1150. The summed E-state index contributed by atoms with van der Waals surface area (Å²) in [5, 5.41) is 5.05. The highest BCUT2D eigenvalue weighted by molar-refractivity contribution is 6.30. The Kier molecular flexibility index (Phi) is 5.45. The maximum absolute atomic E-state index is 6.00. The largest absolute Gasteiger partial charge is 0.378 e. The highest BCUT2D eigenvalue weighted by atomic mass is 35.5. The molecule has 4 rings (SSSR count). The third-order valence-corrected chi connectivity index (χ3v) is 4.81. The molecule has 0 saturated carbocycles. The molecule has 0 aliphatic carbocycles. The van der Waals surface area contributed by atoms with Crippen LogP contribution in [0.15, 0.2) is 72.8 Å². The lowest BCUT2D eigenvalue weighted by molar-refractivity contribution is 1.13. The molecule has 1 N–H and O–H groups in total. The van der Waals surface area contributed by atoms with Crippen LogP contribution < -0.4 is 10.2 Å². The first-order chi connectivity index (χ1) is 14.1. The standard InChI is InChI=1S/C24H21ClN4/c1-29(2)20-14-7-17(8-15-20)9-16-23-27-22-6-4-3-5-21(22)24(28-23)26-19-12-10-18(25)11-13-19/h3-16H,1-2H3,(H,26,27,28)/b16-9+. The number of para-hydroxylation sites is 1. The van der Waals surface area contributed by atoms with E-state index in [0.29, 0.717) is 10.8 Å². The van der Waals surface area contributed by atoms with Gasteiger partial charge in [-0.1, -0.05) is 41.9 Å². The van der Waals surface area contributed by atoms with Gasteiger partial charge in [-0.3, -0.25) is 0 Å². The van der Waals surface area contributed by atoms with Crippen LogP contribution in [0, 0.1) is 0 Å². The molecular formula is C24H21ClN4. The summed E-state index contributed by atoms with van der Waals surface area (Å²) in [5.41, 5.74) is 4.08. The molecule has 1 aromatic heterocycles. The predicted molar refractivity (Wildman–Crippen MR) is 124 cm³/mol. The second kappa shape index (κ2) is 8.33. The van der Waals surface area contributed by atoms with Gasteiger partial charge in [0.05, 0.1) is 5.52 Å². The zero-order chi connectivity index (χ0) is 20.2. The zero-order valence-corrected chi connectivity index (χ0v) is 17.1. The number of rotatable bonds is 5. The van der Waals surface area contributed by atoms with Crippen molar-refractivity contribution in [3.05, 3.63) is 89.2 Å². The molecule has 4 aromatic rings. The predicted octanol–water partition coefficient (Wildman–Crippen LogP) is 6.26. The van der Waals surface area contributed by atoms with Gasteiger partial charge in [-0.2, -0.15) is 0 Å². The SMILES string of the molecule is CN(C)c1ccc(/C=C/c2nc(Nc3ccc(Cl)cc3)c3ccccc3n2)cc1. The lowest BCUT2D eigenvalue weighted by atomic mass is 10.2. The number of anilines is 3. The fraction of sp³-hybridized carbons (Fsp3) is 0.0833. The van der Waals surface area contributed by atoms with Crippen LogP contribution in [-0.4, -0.2) is 24.1 Å². The lowest BCUT2D eigenvalue weighted by Crippen LogP contribution is -2.07. The third-order valence-electron chi connectivity index (χ3n) is 4.56. The van der Waals surface area contributed by atoms with Crippen LogP contribution in [-0.2, 0) is 0 Å². The van der Waals surface area contributed by atoms with Gasteiger partial charge in [0, 0.05) is 35.9 Å². The smallest absolute Gasteiger partial charge is 0.154 e. The molecule has 4 nitrogen and oxygen atoms in total. The van der Waals surface area contributed by atoms with E-state index < -0.39 is 0 Å². The lowest BCUT2D eigenvalue weighted by Gasteiger charge is -2.11. The molecule has 3 aromatic carbocycles. The van der Waals surface area contributed by atoms with Crippen LogP contribution in [0.2, 0.25) is 5.02 Å². The van der Waals surface area contributed by atoms with E-state index in [2.05, 4.69) is 39.5 Å². The number of hydrogen-bond donors (Lipinski definition) is 1. The van der Waals surface area contributed by atoms with E-state index >= 15 is 0 Å². The van der Waals surface area contributed by atoms with Gasteiger partial charge < -0.3 is 10.2 Å². The minimum atomic E-state index is 0.650. The molecule has 0 spiro atoms. The van der Waals surface area contributed by atoms with Crippen molar-refractivity contribution < 1.29 is 0 Å².